The molecular weight excluding hydrogens is 254 g/mol. The van der Waals surface area contributed by atoms with E-state index in [1.54, 1.807) is 16.7 Å². The third-order valence-electron chi connectivity index (χ3n) is 3.27. The van der Waals surface area contributed by atoms with Crippen molar-refractivity contribution >= 4 is 11.6 Å². The Balaban J connectivity index is 2.25. The van der Waals surface area contributed by atoms with E-state index in [4.69, 9.17) is 5.11 Å². The number of aromatic carboxylic acids is 1. The number of carboxylic acid groups (broad SMARTS) is 1. The minimum absolute atomic E-state index is 0.211. The predicted octanol–water partition coefficient (Wildman–Crippen LogP) is 2.71. The highest BCUT2D eigenvalue weighted by atomic mass is 16.4. The van der Waals surface area contributed by atoms with Gasteiger partial charge in [0.25, 0.3) is 0 Å². The van der Waals surface area contributed by atoms with Crippen LogP contribution in [0.15, 0.2) is 36.5 Å². The monoisotopic (exact) mass is 267 g/mol. The number of rotatable bonds is 2. The topological polar surface area (TPSA) is 67.5 Å². The van der Waals surface area contributed by atoms with Crippen molar-refractivity contribution in [3.05, 3.63) is 53.2 Å². The lowest BCUT2D eigenvalue weighted by Crippen LogP contribution is -2.00. The number of pyridine rings is 1. The maximum absolute atomic E-state index is 11.1. The first kappa shape index (κ1) is 12.3. The molecule has 0 atom stereocenters. The van der Waals surface area contributed by atoms with Crippen LogP contribution < -0.4 is 0 Å². The number of aryl methyl sites for hydroxylation is 2. The maximum atomic E-state index is 11.1. The summed E-state index contributed by atoms with van der Waals surface area (Å²) in [5, 5.41) is 17.3. The molecule has 2 aromatic heterocycles. The van der Waals surface area contributed by atoms with Crippen LogP contribution in [-0.2, 0) is 0 Å². The number of hydrogen-bond acceptors (Lipinski definition) is 3. The van der Waals surface area contributed by atoms with Crippen molar-refractivity contribution in [1.82, 2.24) is 14.6 Å². The van der Waals surface area contributed by atoms with E-state index in [1.165, 1.54) is 11.6 Å². The molecule has 0 spiro atoms. The first-order chi connectivity index (χ1) is 9.56. The van der Waals surface area contributed by atoms with E-state index in [-0.39, 0.29) is 5.56 Å². The van der Waals surface area contributed by atoms with E-state index in [0.717, 1.165) is 11.1 Å². The Morgan fingerprint density at radius 1 is 1.15 bits per heavy atom. The minimum atomic E-state index is -0.966. The maximum Gasteiger partial charge on any atom is 0.337 e. The first-order valence-corrected chi connectivity index (χ1v) is 6.22. The lowest BCUT2D eigenvalue weighted by Gasteiger charge is -2.05. The van der Waals surface area contributed by atoms with Gasteiger partial charge in [-0.25, -0.2) is 4.79 Å². The number of aromatic nitrogens is 3. The van der Waals surface area contributed by atoms with E-state index >= 15 is 0 Å². The zero-order valence-corrected chi connectivity index (χ0v) is 11.2. The molecule has 0 aliphatic carbocycles. The molecule has 0 fully saturated rings. The van der Waals surface area contributed by atoms with Gasteiger partial charge in [0.2, 0.25) is 0 Å². The van der Waals surface area contributed by atoms with E-state index < -0.39 is 5.97 Å². The highest BCUT2D eigenvalue weighted by Crippen LogP contribution is 2.23. The molecular formula is C15H13N3O2. The highest BCUT2D eigenvalue weighted by Gasteiger charge is 2.12. The number of nitrogens with zero attached hydrogens (tertiary/aromatic N) is 3. The Morgan fingerprint density at radius 2 is 1.95 bits per heavy atom. The summed E-state index contributed by atoms with van der Waals surface area (Å²) in [5.41, 5.74) is 4.05. The molecule has 5 heteroatoms. The number of carboxylic acids is 1. The van der Waals surface area contributed by atoms with Gasteiger partial charge in [-0.05, 0) is 31.5 Å². The smallest absolute Gasteiger partial charge is 0.337 e. The van der Waals surface area contributed by atoms with E-state index in [2.05, 4.69) is 16.3 Å². The van der Waals surface area contributed by atoms with Crippen LogP contribution in [0.25, 0.3) is 17.0 Å². The number of hydrogen-bond donors (Lipinski definition) is 1. The van der Waals surface area contributed by atoms with Gasteiger partial charge in [0.05, 0.1) is 5.56 Å². The second-order valence-electron chi connectivity index (χ2n) is 4.79. The Labute approximate surface area is 115 Å². The standard InChI is InChI=1S/C15H13N3O2/c1-9-3-5-12(10(2)7-9)14-17-16-13-6-4-11(15(19)20)8-18(13)14/h3-8H,1-2H3,(H,19,20). The first-order valence-electron chi connectivity index (χ1n) is 6.22. The lowest BCUT2D eigenvalue weighted by atomic mass is 10.1. The molecule has 0 aliphatic rings. The lowest BCUT2D eigenvalue weighted by molar-refractivity contribution is 0.0696. The van der Waals surface area contributed by atoms with Crippen LogP contribution in [0.1, 0.15) is 21.5 Å². The van der Waals surface area contributed by atoms with Gasteiger partial charge in [-0.15, -0.1) is 10.2 Å². The van der Waals surface area contributed by atoms with E-state index in [0.29, 0.717) is 11.5 Å². The molecule has 100 valence electrons. The highest BCUT2D eigenvalue weighted by molar-refractivity contribution is 5.87. The van der Waals surface area contributed by atoms with Crippen molar-refractivity contribution in [1.29, 1.82) is 0 Å². The molecule has 0 bridgehead atoms. The quantitative estimate of drug-likeness (QED) is 0.775. The SMILES string of the molecule is Cc1ccc(-c2nnc3ccc(C(=O)O)cn23)c(C)c1. The molecule has 1 aromatic carbocycles. The Morgan fingerprint density at radius 3 is 2.65 bits per heavy atom. The number of carbonyl (C=O) groups is 1. The molecule has 5 nitrogen and oxygen atoms in total. The predicted molar refractivity (Wildman–Crippen MR) is 74.9 cm³/mol. The van der Waals surface area contributed by atoms with Gasteiger partial charge in [0.1, 0.15) is 0 Å². The normalized spacial score (nSPS) is 10.9. The Kier molecular flexibility index (Phi) is 2.75. The van der Waals surface area contributed by atoms with Gasteiger partial charge in [-0.2, -0.15) is 0 Å². The molecule has 0 aliphatic heterocycles. The van der Waals surface area contributed by atoms with Gasteiger partial charge in [0, 0.05) is 11.8 Å². The molecule has 3 aromatic rings. The van der Waals surface area contributed by atoms with Crippen LogP contribution in [0.5, 0.6) is 0 Å². The van der Waals surface area contributed by atoms with Crippen LogP contribution in [0.3, 0.4) is 0 Å². The van der Waals surface area contributed by atoms with Crippen LogP contribution in [0, 0.1) is 13.8 Å². The zero-order valence-electron chi connectivity index (χ0n) is 11.2. The summed E-state index contributed by atoms with van der Waals surface area (Å²) in [6, 6.07) is 9.23. The van der Waals surface area contributed by atoms with Crippen LogP contribution >= 0.6 is 0 Å². The zero-order chi connectivity index (χ0) is 14.3. The van der Waals surface area contributed by atoms with Crippen molar-refractivity contribution < 1.29 is 9.90 Å². The number of fused-ring (bicyclic) bond motifs is 1. The molecule has 2 heterocycles. The fraction of sp³-hybridized carbons (Fsp3) is 0.133. The van der Waals surface area contributed by atoms with Gasteiger partial charge >= 0.3 is 5.97 Å². The average Bonchev–Trinajstić information content (AvgIpc) is 2.81. The molecule has 0 saturated heterocycles. The van der Waals surface area contributed by atoms with Crippen molar-refractivity contribution in [3.8, 4) is 11.4 Å². The van der Waals surface area contributed by atoms with Crippen LogP contribution in [0.4, 0.5) is 0 Å². The van der Waals surface area contributed by atoms with Crippen LogP contribution in [0.2, 0.25) is 0 Å². The summed E-state index contributed by atoms with van der Waals surface area (Å²) in [6.07, 6.45) is 1.55. The molecule has 3 rings (SSSR count). The Bertz CT molecular complexity index is 821. The van der Waals surface area contributed by atoms with Gasteiger partial charge in [0.15, 0.2) is 11.5 Å². The molecule has 0 radical (unpaired) electrons. The Hall–Kier alpha value is -2.69. The second-order valence-corrected chi connectivity index (χ2v) is 4.79. The second kappa shape index (κ2) is 4.45. The fourth-order valence-corrected chi connectivity index (χ4v) is 2.27. The summed E-state index contributed by atoms with van der Waals surface area (Å²) in [5.74, 6) is -0.312. The van der Waals surface area contributed by atoms with Gasteiger partial charge in [-0.3, -0.25) is 4.40 Å². The third-order valence-corrected chi connectivity index (χ3v) is 3.27. The van der Waals surface area contributed by atoms with E-state index in [1.807, 2.05) is 26.0 Å². The minimum Gasteiger partial charge on any atom is -0.478 e. The van der Waals surface area contributed by atoms with E-state index in [9.17, 15) is 4.79 Å². The molecule has 1 N–H and O–H groups in total. The summed E-state index contributed by atoms with van der Waals surface area (Å²) in [6.45, 7) is 4.03. The molecule has 20 heavy (non-hydrogen) atoms. The van der Waals surface area contributed by atoms with Crippen molar-refractivity contribution in [2.24, 2.45) is 0 Å². The summed E-state index contributed by atoms with van der Waals surface area (Å²) in [7, 11) is 0. The molecule has 0 saturated carbocycles. The van der Waals surface area contributed by atoms with Gasteiger partial charge in [-0.1, -0.05) is 23.8 Å². The van der Waals surface area contributed by atoms with Crippen molar-refractivity contribution in [2.75, 3.05) is 0 Å². The van der Waals surface area contributed by atoms with Crippen molar-refractivity contribution in [3.63, 3.8) is 0 Å². The average molecular weight is 267 g/mol. The summed E-state index contributed by atoms with van der Waals surface area (Å²) < 4.78 is 1.71. The van der Waals surface area contributed by atoms with Gasteiger partial charge < -0.3 is 5.11 Å². The summed E-state index contributed by atoms with van der Waals surface area (Å²) >= 11 is 0. The summed E-state index contributed by atoms with van der Waals surface area (Å²) in [4.78, 5) is 11.1. The largest absolute Gasteiger partial charge is 0.478 e. The fourth-order valence-electron chi connectivity index (χ4n) is 2.27. The van der Waals surface area contributed by atoms with Crippen LogP contribution in [-0.4, -0.2) is 25.7 Å². The van der Waals surface area contributed by atoms with Crippen molar-refractivity contribution in [2.45, 2.75) is 13.8 Å². The molecule has 0 unspecified atom stereocenters. The third kappa shape index (κ3) is 1.93. The molecule has 0 amide bonds. The number of benzene rings is 1.